The second kappa shape index (κ2) is 47.2. The molecule has 0 spiro atoms. The largest absolute Gasteiger partial charge is 0.468 e. The summed E-state index contributed by atoms with van der Waals surface area (Å²) < 4.78 is 27.3. The summed E-state index contributed by atoms with van der Waals surface area (Å²) in [5, 5.41) is 14.7. The predicted octanol–water partition coefficient (Wildman–Crippen LogP) is 15.9. The maximum absolute atomic E-state index is 10.7. The summed E-state index contributed by atoms with van der Waals surface area (Å²) >= 11 is 35.3. The zero-order valence-electron chi connectivity index (χ0n) is 67.9. The highest BCUT2D eigenvalue weighted by molar-refractivity contribution is 6.31. The molecule has 644 valence electrons. The average molecular weight is 1770 g/mol. The summed E-state index contributed by atoms with van der Waals surface area (Å²) in [6.45, 7) is 20.8. The summed E-state index contributed by atoms with van der Waals surface area (Å²) in [6, 6.07) is 33.1. The number of carbonyl (C=O) groups excluding carboxylic acids is 1. The van der Waals surface area contributed by atoms with Crippen LogP contribution in [-0.2, 0) is 51.3 Å². The van der Waals surface area contributed by atoms with Gasteiger partial charge in [0, 0.05) is 141 Å². The quantitative estimate of drug-likeness (QED) is 0.0433. The number of nitrogens with one attached hydrogen (secondary N) is 1. The number of para-hydroxylation sites is 6. The Balaban J connectivity index is 0.000000144. The number of alkyl halides is 1. The lowest BCUT2D eigenvalue weighted by atomic mass is 10.1. The van der Waals surface area contributed by atoms with Gasteiger partial charge in [-0.1, -0.05) is 102 Å². The number of benzene rings is 3. The lowest BCUT2D eigenvalue weighted by Crippen LogP contribution is -2.29. The van der Waals surface area contributed by atoms with E-state index in [1.54, 1.807) is 24.3 Å². The van der Waals surface area contributed by atoms with E-state index in [4.69, 9.17) is 114 Å². The number of hydrogen-bond donors (Lipinski definition) is 3. The van der Waals surface area contributed by atoms with Gasteiger partial charge in [-0.25, -0.2) is 79.7 Å². The van der Waals surface area contributed by atoms with Crippen molar-refractivity contribution in [3.63, 3.8) is 0 Å². The van der Waals surface area contributed by atoms with E-state index < -0.39 is 0 Å². The van der Waals surface area contributed by atoms with Crippen LogP contribution < -0.4 is 45.0 Å². The van der Waals surface area contributed by atoms with Gasteiger partial charge < -0.3 is 64.3 Å². The van der Waals surface area contributed by atoms with E-state index in [1.807, 2.05) is 93.6 Å². The second-order valence-electron chi connectivity index (χ2n) is 29.3. The van der Waals surface area contributed by atoms with Crippen molar-refractivity contribution in [2.24, 2.45) is 5.73 Å². The first-order chi connectivity index (χ1) is 58.3. The highest BCUT2D eigenvalue weighted by Gasteiger charge is 2.24. The number of halogens is 6. The molecule has 4 N–H and O–H groups in total. The number of aromatic nitrogens is 16. The van der Waals surface area contributed by atoms with Crippen LogP contribution in [0.1, 0.15) is 150 Å². The lowest BCUT2D eigenvalue weighted by Gasteiger charge is -2.25. The molecule has 3 aromatic carbocycles. The molecule has 30 nitrogen and oxygen atoms in total. The maximum atomic E-state index is 10.7. The van der Waals surface area contributed by atoms with Crippen molar-refractivity contribution in [1.82, 2.24) is 79.7 Å². The van der Waals surface area contributed by atoms with Crippen molar-refractivity contribution in [2.45, 2.75) is 169 Å². The van der Waals surface area contributed by atoms with Crippen LogP contribution in [0.5, 0.6) is 11.8 Å². The number of carbonyl (C=O) groups is 1. The molecule has 7 fully saturated rings. The number of aryl methyl sites for hydroxylation is 3. The summed E-state index contributed by atoms with van der Waals surface area (Å²) in [7, 11) is 0. The van der Waals surface area contributed by atoms with Gasteiger partial charge in [-0.15, -0.1) is 11.6 Å². The van der Waals surface area contributed by atoms with Gasteiger partial charge in [0.15, 0.2) is 35.1 Å². The number of nitrogens with zero attached hydrogens (tertiary/aromatic N) is 21. The monoisotopic (exact) mass is 1770 g/mol. The van der Waals surface area contributed by atoms with E-state index in [1.165, 1.54) is 71.1 Å². The summed E-state index contributed by atoms with van der Waals surface area (Å²) in [6.07, 6.45) is 16.0. The Kier molecular flexibility index (Phi) is 36.0. The summed E-state index contributed by atoms with van der Waals surface area (Å²) in [4.78, 5) is 91.7. The van der Waals surface area contributed by atoms with Crippen molar-refractivity contribution < 1.29 is 33.6 Å². The number of hydrogen-bond acceptors (Lipinski definition) is 30. The number of rotatable bonds is 17. The Bertz CT molecular complexity index is 5030. The van der Waals surface area contributed by atoms with Crippen LogP contribution in [0.15, 0.2) is 103 Å². The van der Waals surface area contributed by atoms with E-state index in [0.29, 0.717) is 84.6 Å². The topological polar surface area (TPSA) is 344 Å². The smallest absolute Gasteiger partial charge is 0.303 e. The molecule has 8 aromatic heterocycles. The van der Waals surface area contributed by atoms with Crippen molar-refractivity contribution >= 4 is 144 Å². The van der Waals surface area contributed by atoms with Crippen LogP contribution in [-0.4, -0.2) is 195 Å². The first-order valence-electron chi connectivity index (χ1n) is 40.7. The van der Waals surface area contributed by atoms with Crippen molar-refractivity contribution in [2.75, 3.05) is 122 Å². The fraction of sp³-hybridized carbons (Fsp3) is 0.471. The molecule has 0 amide bonds. The molecule has 0 radical (unpaired) electrons. The number of aliphatic hydroxyl groups is 1. The molecule has 15 heterocycles. The Morgan fingerprint density at radius 1 is 0.421 bits per heavy atom. The van der Waals surface area contributed by atoms with Gasteiger partial charge in [-0.2, -0.15) is 0 Å². The average Bonchev–Trinajstić information content (AvgIpc) is 1.49. The van der Waals surface area contributed by atoms with Gasteiger partial charge in [-0.3, -0.25) is 4.79 Å². The van der Waals surface area contributed by atoms with Gasteiger partial charge in [-0.05, 0) is 147 Å². The Morgan fingerprint density at radius 3 is 1.10 bits per heavy atom. The number of ether oxygens (including phenoxy) is 5. The third-order valence-electron chi connectivity index (χ3n) is 20.1. The third kappa shape index (κ3) is 28.6. The molecule has 18 rings (SSSR count). The number of fused-ring (bicyclic) bond motifs is 3. The van der Waals surface area contributed by atoms with E-state index in [-0.39, 0.29) is 39.8 Å². The minimum atomic E-state index is -0.351. The SMILES string of the molecule is C.CC(=O)OCc1nc(Cl)cc(N2CCCC2)n1.Cc1nc2ccccc2nc1Cl.Cc1nc2ccccc2nc1OCc1nc(Cl)cc(N2CCCC2)n1.Cc1nc2ccccc2nc1OCc1nc(NC2CCOCC2)cc(N2CCCC2)n1.ClCc1nc(Cl)cc(N2CCCC2)n1.NC1CCOCC1.OCc1nc(Cl)cc(N2CCCC2)n1. The van der Waals surface area contributed by atoms with E-state index in [0.717, 1.165) is 203 Å². The molecule has 0 aliphatic carbocycles. The van der Waals surface area contributed by atoms with Crippen molar-refractivity contribution in [3.8, 4) is 11.8 Å². The summed E-state index contributed by atoms with van der Waals surface area (Å²) in [5.41, 5.74) is 12.9. The highest BCUT2D eigenvalue weighted by Crippen LogP contribution is 2.29. The van der Waals surface area contributed by atoms with E-state index >= 15 is 0 Å². The number of aliphatic hydroxyl groups excluding tert-OH is 1. The molecular weight excluding hydrogens is 1670 g/mol. The van der Waals surface area contributed by atoms with E-state index in [2.05, 4.69) is 106 Å². The van der Waals surface area contributed by atoms with Gasteiger partial charge in [0.25, 0.3) is 0 Å². The van der Waals surface area contributed by atoms with Gasteiger partial charge >= 0.3 is 5.97 Å². The predicted molar refractivity (Wildman–Crippen MR) is 477 cm³/mol. The first kappa shape index (κ1) is 92.3. The van der Waals surface area contributed by atoms with Crippen LogP contribution >= 0.6 is 69.6 Å². The lowest BCUT2D eigenvalue weighted by molar-refractivity contribution is -0.142. The van der Waals surface area contributed by atoms with Crippen LogP contribution in [0, 0.1) is 20.8 Å². The third-order valence-corrected chi connectivity index (χ3v) is 21.5. The second-order valence-corrected chi connectivity index (χ2v) is 31.5. The number of esters is 1. The molecular formula is C85H105Cl6N23O7. The molecule has 0 atom stereocenters. The molecule has 7 aliphatic heterocycles. The minimum absolute atomic E-state index is 0. The number of nitrogens with two attached hydrogens (primary N) is 1. The molecule has 121 heavy (non-hydrogen) atoms. The molecule has 0 bridgehead atoms. The molecule has 7 saturated heterocycles. The number of anilines is 6. The standard InChI is InChI=1S/C23H28N6O2.C18H18ClN5O.C11H14ClN3O2.C9H11Cl2N3.C9H12ClN3O.C9H7ClN2.C5H11NO.CH4/c1-16-23(26-19-7-3-2-6-18(19)24-16)31-15-21-27-20(25-17-8-12-30-13-9-17)14-22(28-21)29-10-4-5-11-29;1-12-18(21-14-7-3-2-6-13(14)20-12)25-11-16-22-15(19)10-17(23-16)24-8-4-5-9-24;1-8(16)17-7-10-13-9(12)6-11(14-10)15-4-2-3-5-15;10-6-8-12-7(11)5-9(13-8)14-3-1-2-4-14;10-7-5-9(12-8(6-14)11-7)13-3-1-2-4-13;1-6-9(10)12-8-5-3-2-4-7(8)11-6;6-5-1-3-7-4-2-5;/h2-3,6-7,14,17H,4-5,8-13,15H2,1H3,(H,25,27,28);2-3,6-7,10H,4-5,8-9,11H2,1H3;6H,2-5,7H2,1H3;5H,1-4,6H2;5,14H,1-4,6H2;2-5H,1H3;5H,1-4,6H2;1H4. The fourth-order valence-electron chi connectivity index (χ4n) is 13.9. The molecule has 7 aliphatic rings. The Hall–Kier alpha value is -9.47. The maximum Gasteiger partial charge on any atom is 0.303 e. The van der Waals surface area contributed by atoms with Crippen LogP contribution in [0.3, 0.4) is 0 Å². The van der Waals surface area contributed by atoms with Crippen molar-refractivity contribution in [1.29, 1.82) is 0 Å². The molecule has 0 saturated carbocycles. The first-order valence-corrected chi connectivity index (χ1v) is 43.1. The minimum Gasteiger partial charge on any atom is -0.468 e. The van der Waals surface area contributed by atoms with Gasteiger partial charge in [0.05, 0.1) is 44.7 Å². The van der Waals surface area contributed by atoms with Crippen LogP contribution in [0.4, 0.5) is 34.9 Å². The molecule has 11 aromatic rings. The molecule has 0 unspecified atom stereocenters. The van der Waals surface area contributed by atoms with Gasteiger partial charge in [0.1, 0.15) is 92.6 Å². The van der Waals surface area contributed by atoms with E-state index in [9.17, 15) is 4.79 Å². The Morgan fingerprint density at radius 2 is 0.736 bits per heavy atom. The van der Waals surface area contributed by atoms with Crippen molar-refractivity contribution in [3.05, 3.63) is 175 Å². The zero-order valence-corrected chi connectivity index (χ0v) is 72.5. The van der Waals surface area contributed by atoms with Crippen LogP contribution in [0.2, 0.25) is 25.8 Å². The molecule has 36 heteroatoms. The zero-order chi connectivity index (χ0) is 84.1. The Labute approximate surface area is 735 Å². The van der Waals surface area contributed by atoms with Crippen LogP contribution in [0.25, 0.3) is 33.1 Å². The summed E-state index contributed by atoms with van der Waals surface area (Å²) in [5.74, 6) is 8.79. The fourth-order valence-corrected chi connectivity index (χ4v) is 14.9. The highest BCUT2D eigenvalue weighted by atomic mass is 35.5. The normalized spacial score (nSPS) is 15.8. The van der Waals surface area contributed by atoms with Gasteiger partial charge in [0.2, 0.25) is 11.8 Å².